The summed E-state index contributed by atoms with van der Waals surface area (Å²) in [4.78, 5) is 32.7. The summed E-state index contributed by atoms with van der Waals surface area (Å²) in [5.41, 5.74) is 1.02. The van der Waals surface area contributed by atoms with E-state index in [1.54, 1.807) is 12.1 Å². The second-order valence-electron chi connectivity index (χ2n) is 9.31. The van der Waals surface area contributed by atoms with Crippen LogP contribution in [0.1, 0.15) is 24.8 Å². The van der Waals surface area contributed by atoms with E-state index < -0.39 is 15.7 Å². The predicted octanol–water partition coefficient (Wildman–Crippen LogP) is 2.37. The molecule has 38 heavy (non-hydrogen) atoms. The van der Waals surface area contributed by atoms with E-state index in [4.69, 9.17) is 9.94 Å². The molecule has 204 valence electrons. The molecule has 1 amide bonds. The van der Waals surface area contributed by atoms with Crippen molar-refractivity contribution in [3.8, 4) is 0 Å². The molecule has 0 unspecified atom stereocenters. The van der Waals surface area contributed by atoms with Gasteiger partial charge in [0.1, 0.15) is 22.8 Å². The number of pyridine rings is 1. The molecular formula is C25H32N6O5S2. The second-order valence-corrected chi connectivity index (χ2v) is 12.5. The number of nitrogens with zero attached hydrogens (tertiary/aromatic N) is 5. The van der Waals surface area contributed by atoms with Crippen LogP contribution in [-0.4, -0.2) is 92.7 Å². The number of hydrogen-bond acceptors (Lipinski definition) is 11. The lowest BCUT2D eigenvalue weighted by atomic mass is 10.1. The molecule has 1 aliphatic rings. The minimum atomic E-state index is -3.35. The van der Waals surface area contributed by atoms with Crippen LogP contribution in [0.25, 0.3) is 10.3 Å². The Hall–Kier alpha value is -3.13. The van der Waals surface area contributed by atoms with Gasteiger partial charge in [0.15, 0.2) is 20.7 Å². The van der Waals surface area contributed by atoms with Crippen LogP contribution in [0.4, 0.5) is 10.9 Å². The van der Waals surface area contributed by atoms with Crippen LogP contribution < -0.4 is 10.2 Å². The quantitative estimate of drug-likeness (QED) is 0.183. The van der Waals surface area contributed by atoms with Crippen molar-refractivity contribution in [1.82, 2.24) is 14.9 Å². The van der Waals surface area contributed by atoms with Crippen LogP contribution in [0.5, 0.6) is 0 Å². The van der Waals surface area contributed by atoms with Gasteiger partial charge in [-0.25, -0.2) is 18.4 Å². The van der Waals surface area contributed by atoms with Crippen LogP contribution in [0.3, 0.4) is 0 Å². The zero-order valence-electron chi connectivity index (χ0n) is 21.6. The van der Waals surface area contributed by atoms with Crippen molar-refractivity contribution in [3.05, 3.63) is 42.0 Å². The van der Waals surface area contributed by atoms with Crippen molar-refractivity contribution in [2.75, 3.05) is 57.7 Å². The monoisotopic (exact) mass is 560 g/mol. The maximum Gasteiger partial charge on any atom is 0.280 e. The number of benzene rings is 1. The molecule has 1 aliphatic carbocycles. The summed E-state index contributed by atoms with van der Waals surface area (Å²) in [5, 5.41) is 15.8. The van der Waals surface area contributed by atoms with Gasteiger partial charge in [-0.1, -0.05) is 28.6 Å². The van der Waals surface area contributed by atoms with Crippen LogP contribution in [-0.2, 0) is 19.5 Å². The van der Waals surface area contributed by atoms with Gasteiger partial charge in [0.05, 0.1) is 10.1 Å². The molecule has 3 aromatic rings. The standard InChI is InChI=1S/C25H32N6O5S2/c1-30(2)13-14-31(3)21-12-11-20-24(27-21)37-25(26-20)28-23(33)22(29-36-16-4-15-32)17-5-7-18(8-6-17)38(34,35)19-9-10-19/h5-8,11-12,19,32H,4,9-10,13-16H2,1-3H3,(H,26,28,33). The highest BCUT2D eigenvalue weighted by Gasteiger charge is 2.36. The summed E-state index contributed by atoms with van der Waals surface area (Å²) in [5.74, 6) is 0.246. The molecule has 0 radical (unpaired) electrons. The fraction of sp³-hybridized carbons (Fsp3) is 0.440. The minimum Gasteiger partial charge on any atom is -0.396 e. The first-order valence-electron chi connectivity index (χ1n) is 12.3. The molecule has 0 atom stereocenters. The fourth-order valence-electron chi connectivity index (χ4n) is 3.53. The average Bonchev–Trinajstić information content (AvgIpc) is 3.68. The van der Waals surface area contributed by atoms with Gasteiger partial charge in [-0.2, -0.15) is 0 Å². The SMILES string of the molecule is CN(C)CCN(C)c1ccc2nc(NC(=O)C(=NOCCCO)c3ccc(S(=O)(=O)C4CC4)cc3)sc2n1. The normalized spacial score (nSPS) is 14.2. The van der Waals surface area contributed by atoms with Gasteiger partial charge in [-0.15, -0.1) is 0 Å². The van der Waals surface area contributed by atoms with E-state index in [0.717, 1.165) is 18.9 Å². The number of carbonyl (C=O) groups excluding carboxylic acids is 1. The molecule has 4 rings (SSSR count). The van der Waals surface area contributed by atoms with Crippen molar-refractivity contribution in [1.29, 1.82) is 0 Å². The van der Waals surface area contributed by atoms with E-state index in [9.17, 15) is 13.2 Å². The number of aromatic nitrogens is 2. The van der Waals surface area contributed by atoms with Gasteiger partial charge < -0.3 is 19.7 Å². The molecule has 2 N–H and O–H groups in total. The molecule has 0 spiro atoms. The van der Waals surface area contributed by atoms with E-state index in [-0.39, 0.29) is 29.1 Å². The van der Waals surface area contributed by atoms with Crippen LogP contribution in [0.15, 0.2) is 46.4 Å². The number of anilines is 2. The van der Waals surface area contributed by atoms with E-state index in [0.29, 0.717) is 40.3 Å². The Morgan fingerprint density at radius 2 is 1.87 bits per heavy atom. The highest BCUT2D eigenvalue weighted by Crippen LogP contribution is 2.33. The molecular weight excluding hydrogens is 528 g/mol. The molecule has 11 nitrogen and oxygen atoms in total. The van der Waals surface area contributed by atoms with Gasteiger partial charge in [-0.05, 0) is 51.2 Å². The molecule has 1 aromatic carbocycles. The number of nitrogens with one attached hydrogen (secondary N) is 1. The van der Waals surface area contributed by atoms with Gasteiger partial charge in [0, 0.05) is 38.7 Å². The molecule has 1 fully saturated rings. The lowest BCUT2D eigenvalue weighted by molar-refractivity contribution is -0.110. The number of sulfone groups is 1. The topological polar surface area (TPSA) is 137 Å². The lowest BCUT2D eigenvalue weighted by Gasteiger charge is -2.20. The highest BCUT2D eigenvalue weighted by molar-refractivity contribution is 7.92. The largest absolute Gasteiger partial charge is 0.396 e. The fourth-order valence-corrected chi connectivity index (χ4v) is 6.02. The van der Waals surface area contributed by atoms with Crippen LogP contribution >= 0.6 is 11.3 Å². The van der Waals surface area contributed by atoms with Crippen LogP contribution in [0, 0.1) is 0 Å². The summed E-state index contributed by atoms with van der Waals surface area (Å²) >= 11 is 1.24. The zero-order valence-corrected chi connectivity index (χ0v) is 23.3. The number of rotatable bonds is 13. The predicted molar refractivity (Wildman–Crippen MR) is 149 cm³/mol. The summed E-state index contributed by atoms with van der Waals surface area (Å²) in [6.07, 6.45) is 1.69. The number of aliphatic hydroxyl groups excluding tert-OH is 1. The number of hydrogen-bond donors (Lipinski definition) is 2. The van der Waals surface area contributed by atoms with Crippen molar-refractivity contribution in [2.45, 2.75) is 29.4 Å². The highest BCUT2D eigenvalue weighted by atomic mass is 32.2. The maximum atomic E-state index is 13.2. The maximum absolute atomic E-state index is 13.2. The molecule has 0 aliphatic heterocycles. The second kappa shape index (κ2) is 12.2. The Kier molecular flexibility index (Phi) is 8.92. The first-order chi connectivity index (χ1) is 18.2. The molecule has 2 heterocycles. The van der Waals surface area contributed by atoms with E-state index in [1.165, 1.54) is 23.5 Å². The smallest absolute Gasteiger partial charge is 0.280 e. The number of carbonyl (C=O) groups is 1. The lowest BCUT2D eigenvalue weighted by Crippen LogP contribution is -2.28. The summed E-state index contributed by atoms with van der Waals surface area (Å²) in [6.45, 7) is 1.74. The Morgan fingerprint density at radius 3 is 2.53 bits per heavy atom. The van der Waals surface area contributed by atoms with Gasteiger partial charge in [0.2, 0.25) is 0 Å². The Labute approximate surface area is 226 Å². The summed E-state index contributed by atoms with van der Waals surface area (Å²) in [7, 11) is 2.65. The molecule has 2 aromatic heterocycles. The molecule has 1 saturated carbocycles. The van der Waals surface area contributed by atoms with Gasteiger partial charge in [-0.3, -0.25) is 10.1 Å². The number of fused-ring (bicyclic) bond motifs is 1. The number of thiazole rings is 1. The first kappa shape index (κ1) is 27.9. The minimum absolute atomic E-state index is 0.0327. The number of aliphatic hydroxyl groups is 1. The number of likely N-dealkylation sites (N-methyl/N-ethyl adjacent to an activating group) is 2. The van der Waals surface area contributed by atoms with Gasteiger partial charge in [0.25, 0.3) is 5.91 Å². The van der Waals surface area contributed by atoms with E-state index >= 15 is 0 Å². The third kappa shape index (κ3) is 6.84. The third-order valence-corrected chi connectivity index (χ3v) is 9.08. The Balaban J connectivity index is 1.53. The van der Waals surface area contributed by atoms with Crippen molar-refractivity contribution in [2.24, 2.45) is 5.16 Å². The Bertz CT molecular complexity index is 1400. The van der Waals surface area contributed by atoms with E-state index in [2.05, 4.69) is 30.2 Å². The summed E-state index contributed by atoms with van der Waals surface area (Å²) < 4.78 is 25.1. The molecule has 0 bridgehead atoms. The van der Waals surface area contributed by atoms with E-state index in [1.807, 2.05) is 33.3 Å². The van der Waals surface area contributed by atoms with Crippen molar-refractivity contribution < 1.29 is 23.2 Å². The molecule has 13 heteroatoms. The van der Waals surface area contributed by atoms with Gasteiger partial charge >= 0.3 is 0 Å². The average molecular weight is 561 g/mol. The zero-order chi connectivity index (χ0) is 27.3. The van der Waals surface area contributed by atoms with Crippen molar-refractivity contribution in [3.63, 3.8) is 0 Å². The molecule has 0 saturated heterocycles. The van der Waals surface area contributed by atoms with Crippen molar-refractivity contribution >= 4 is 54.1 Å². The number of amides is 1. The first-order valence-corrected chi connectivity index (χ1v) is 14.7. The summed E-state index contributed by atoms with van der Waals surface area (Å²) in [6, 6.07) is 9.80. The third-order valence-electron chi connectivity index (χ3n) is 5.92. The number of oxime groups is 1. The Morgan fingerprint density at radius 1 is 1.13 bits per heavy atom. The van der Waals surface area contributed by atoms with Crippen LogP contribution in [0.2, 0.25) is 0 Å².